The quantitative estimate of drug-likeness (QED) is 0.864. The molecule has 0 aromatic heterocycles. The Kier molecular flexibility index (Phi) is 5.19. The fraction of sp³-hybridized carbons (Fsp3) is 0.444. The maximum absolute atomic E-state index is 13.8. The van der Waals surface area contributed by atoms with Crippen LogP contribution in [0.4, 0.5) is 4.39 Å². The number of halogens is 1. The highest BCUT2D eigenvalue weighted by atomic mass is 19.1. The molecule has 4 nitrogen and oxygen atoms in total. The number of aliphatic carboxylic acids is 1. The van der Waals surface area contributed by atoms with Crippen LogP contribution in [-0.2, 0) is 4.79 Å². The molecule has 0 spiro atoms. The van der Waals surface area contributed by atoms with Crippen LogP contribution in [0.25, 0.3) is 0 Å². The Morgan fingerprint density at radius 3 is 2.65 bits per heavy atom. The van der Waals surface area contributed by atoms with Gasteiger partial charge in [-0.15, -0.1) is 0 Å². The molecule has 124 valence electrons. The van der Waals surface area contributed by atoms with Gasteiger partial charge in [0.2, 0.25) is 0 Å². The van der Waals surface area contributed by atoms with E-state index in [1.165, 1.54) is 23.1 Å². The number of likely N-dealkylation sites (tertiary alicyclic amines) is 1. The van der Waals surface area contributed by atoms with Crippen LogP contribution in [0.2, 0.25) is 0 Å². The van der Waals surface area contributed by atoms with Gasteiger partial charge in [0, 0.05) is 13.1 Å². The Balaban J connectivity index is 2.25. The van der Waals surface area contributed by atoms with Crippen molar-refractivity contribution in [1.82, 2.24) is 4.90 Å². The molecular formula is C18H22FNO3. The van der Waals surface area contributed by atoms with Crippen LogP contribution in [0.5, 0.6) is 0 Å². The van der Waals surface area contributed by atoms with Gasteiger partial charge in [-0.1, -0.05) is 23.8 Å². The molecule has 0 aliphatic carbocycles. The zero-order valence-corrected chi connectivity index (χ0v) is 13.5. The zero-order valence-electron chi connectivity index (χ0n) is 13.5. The summed E-state index contributed by atoms with van der Waals surface area (Å²) < 4.78 is 13.8. The number of hydrogen-bond donors (Lipinski definition) is 1. The summed E-state index contributed by atoms with van der Waals surface area (Å²) in [6, 6.07) is 5.81. The average molecular weight is 319 g/mol. The van der Waals surface area contributed by atoms with Gasteiger partial charge < -0.3 is 10.0 Å². The van der Waals surface area contributed by atoms with Gasteiger partial charge in [0.15, 0.2) is 0 Å². The van der Waals surface area contributed by atoms with E-state index in [1.807, 2.05) is 19.9 Å². The first-order valence-corrected chi connectivity index (χ1v) is 7.76. The first-order chi connectivity index (χ1) is 10.9. The predicted molar refractivity (Wildman–Crippen MR) is 85.7 cm³/mol. The maximum Gasteiger partial charge on any atom is 0.311 e. The van der Waals surface area contributed by atoms with Crippen LogP contribution < -0.4 is 0 Å². The van der Waals surface area contributed by atoms with E-state index >= 15 is 0 Å². The van der Waals surface area contributed by atoms with E-state index in [9.17, 15) is 19.1 Å². The fourth-order valence-corrected chi connectivity index (χ4v) is 2.94. The summed E-state index contributed by atoms with van der Waals surface area (Å²) in [4.78, 5) is 25.8. The molecule has 23 heavy (non-hydrogen) atoms. The number of carbonyl (C=O) groups is 2. The molecule has 1 atom stereocenters. The molecule has 5 heteroatoms. The lowest BCUT2D eigenvalue weighted by atomic mass is 9.76. The van der Waals surface area contributed by atoms with Gasteiger partial charge in [0.1, 0.15) is 5.82 Å². The lowest BCUT2D eigenvalue weighted by molar-refractivity contribution is -0.151. The summed E-state index contributed by atoms with van der Waals surface area (Å²) in [7, 11) is 0. The lowest BCUT2D eigenvalue weighted by Gasteiger charge is -2.39. The molecule has 1 aliphatic heterocycles. The predicted octanol–water partition coefficient (Wildman–Crippen LogP) is 3.49. The van der Waals surface area contributed by atoms with Crippen molar-refractivity contribution >= 4 is 11.9 Å². The van der Waals surface area contributed by atoms with Gasteiger partial charge in [-0.05, 0) is 45.2 Å². The SMILES string of the molecule is CC(C)=CC[C@]1(C(=O)O)CCCN(C(=O)c2ccccc2F)C1. The minimum atomic E-state index is -0.990. The third kappa shape index (κ3) is 3.78. The van der Waals surface area contributed by atoms with Crippen molar-refractivity contribution in [2.45, 2.75) is 33.1 Å². The highest BCUT2D eigenvalue weighted by Crippen LogP contribution is 2.35. The molecule has 1 amide bonds. The molecule has 1 aliphatic rings. The molecule has 0 radical (unpaired) electrons. The van der Waals surface area contributed by atoms with E-state index in [4.69, 9.17) is 0 Å². The summed E-state index contributed by atoms with van der Waals surface area (Å²) in [6.07, 6.45) is 3.40. The molecular weight excluding hydrogens is 297 g/mol. The number of carboxylic acid groups (broad SMARTS) is 1. The molecule has 0 unspecified atom stereocenters. The van der Waals surface area contributed by atoms with Gasteiger partial charge in [-0.3, -0.25) is 9.59 Å². The molecule has 0 saturated carbocycles. The number of rotatable bonds is 4. The van der Waals surface area contributed by atoms with E-state index in [1.54, 1.807) is 6.07 Å². The second kappa shape index (κ2) is 6.94. The molecule has 1 N–H and O–H groups in total. The minimum absolute atomic E-state index is 0.00379. The number of piperidine rings is 1. The minimum Gasteiger partial charge on any atom is -0.481 e. The molecule has 2 rings (SSSR count). The van der Waals surface area contributed by atoms with E-state index < -0.39 is 23.1 Å². The Morgan fingerprint density at radius 2 is 2.04 bits per heavy atom. The van der Waals surface area contributed by atoms with Gasteiger partial charge in [0.05, 0.1) is 11.0 Å². The van der Waals surface area contributed by atoms with E-state index in [-0.39, 0.29) is 12.1 Å². The number of allylic oxidation sites excluding steroid dienone is 2. The average Bonchev–Trinajstić information content (AvgIpc) is 2.53. The fourth-order valence-electron chi connectivity index (χ4n) is 2.94. The molecule has 1 aromatic carbocycles. The van der Waals surface area contributed by atoms with Crippen molar-refractivity contribution in [3.05, 3.63) is 47.3 Å². The Morgan fingerprint density at radius 1 is 1.35 bits per heavy atom. The highest BCUT2D eigenvalue weighted by Gasteiger charge is 2.43. The van der Waals surface area contributed by atoms with Gasteiger partial charge in [-0.25, -0.2) is 4.39 Å². The van der Waals surface area contributed by atoms with Gasteiger partial charge in [-0.2, -0.15) is 0 Å². The molecule has 0 bridgehead atoms. The third-order valence-electron chi connectivity index (χ3n) is 4.32. The Labute approximate surface area is 135 Å². The number of carboxylic acids is 1. The second-order valence-electron chi connectivity index (χ2n) is 6.38. The molecule has 1 heterocycles. The number of hydrogen-bond acceptors (Lipinski definition) is 2. The monoisotopic (exact) mass is 319 g/mol. The van der Waals surface area contributed by atoms with Crippen LogP contribution in [0, 0.1) is 11.2 Å². The van der Waals surface area contributed by atoms with Crippen molar-refractivity contribution in [3.8, 4) is 0 Å². The van der Waals surface area contributed by atoms with Crippen molar-refractivity contribution < 1.29 is 19.1 Å². The number of carbonyl (C=O) groups excluding carboxylic acids is 1. The topological polar surface area (TPSA) is 57.6 Å². The smallest absolute Gasteiger partial charge is 0.311 e. The largest absolute Gasteiger partial charge is 0.481 e. The van der Waals surface area contributed by atoms with Crippen molar-refractivity contribution in [1.29, 1.82) is 0 Å². The molecule has 1 aromatic rings. The van der Waals surface area contributed by atoms with Crippen LogP contribution in [0.15, 0.2) is 35.9 Å². The zero-order chi connectivity index (χ0) is 17.0. The maximum atomic E-state index is 13.8. The van der Waals surface area contributed by atoms with E-state index in [0.29, 0.717) is 25.8 Å². The van der Waals surface area contributed by atoms with Crippen LogP contribution in [0.3, 0.4) is 0 Å². The van der Waals surface area contributed by atoms with Crippen molar-refractivity contribution in [2.75, 3.05) is 13.1 Å². The number of nitrogens with zero attached hydrogens (tertiary/aromatic N) is 1. The first-order valence-electron chi connectivity index (χ1n) is 7.76. The second-order valence-corrected chi connectivity index (χ2v) is 6.38. The van der Waals surface area contributed by atoms with E-state index in [2.05, 4.69) is 0 Å². The summed E-state index contributed by atoms with van der Waals surface area (Å²) in [5.74, 6) is -1.92. The number of benzene rings is 1. The number of amides is 1. The standard InChI is InChI=1S/C18H22FNO3/c1-13(2)8-10-18(17(22)23)9-5-11-20(12-18)16(21)14-6-3-4-7-15(14)19/h3-4,6-8H,5,9-12H2,1-2H3,(H,22,23)/t18-/m1/s1. The summed E-state index contributed by atoms with van der Waals surface area (Å²) in [5.41, 5.74) is 0.0512. The normalized spacial score (nSPS) is 20.9. The van der Waals surface area contributed by atoms with E-state index in [0.717, 1.165) is 5.57 Å². The summed E-state index contributed by atoms with van der Waals surface area (Å²) >= 11 is 0. The van der Waals surface area contributed by atoms with Crippen molar-refractivity contribution in [2.24, 2.45) is 5.41 Å². The van der Waals surface area contributed by atoms with Crippen LogP contribution in [0.1, 0.15) is 43.5 Å². The Hall–Kier alpha value is -2.17. The van der Waals surface area contributed by atoms with Crippen LogP contribution >= 0.6 is 0 Å². The van der Waals surface area contributed by atoms with Gasteiger partial charge in [0.25, 0.3) is 5.91 Å². The Bertz CT molecular complexity index is 637. The highest BCUT2D eigenvalue weighted by molar-refractivity contribution is 5.95. The van der Waals surface area contributed by atoms with Crippen molar-refractivity contribution in [3.63, 3.8) is 0 Å². The summed E-state index contributed by atoms with van der Waals surface area (Å²) in [6.45, 7) is 4.40. The summed E-state index contributed by atoms with van der Waals surface area (Å²) in [5, 5.41) is 9.69. The molecule has 1 saturated heterocycles. The third-order valence-corrected chi connectivity index (χ3v) is 4.32. The van der Waals surface area contributed by atoms with Gasteiger partial charge >= 0.3 is 5.97 Å². The molecule has 1 fully saturated rings. The lowest BCUT2D eigenvalue weighted by Crippen LogP contribution is -2.50. The first kappa shape index (κ1) is 17.2. The van der Waals surface area contributed by atoms with Crippen LogP contribution in [-0.4, -0.2) is 35.0 Å².